The number of rotatable bonds is 7. The maximum atomic E-state index is 13.2. The van der Waals surface area contributed by atoms with Crippen molar-refractivity contribution < 1.29 is 13.5 Å². The number of benzene rings is 2. The first kappa shape index (κ1) is 21.5. The van der Waals surface area contributed by atoms with Gasteiger partial charge in [-0.1, -0.05) is 61.9 Å². The summed E-state index contributed by atoms with van der Waals surface area (Å²) in [4.78, 5) is 0.134. The fourth-order valence-corrected chi connectivity index (χ4v) is 4.43. The van der Waals surface area contributed by atoms with Gasteiger partial charge in [-0.3, -0.25) is 0 Å². The van der Waals surface area contributed by atoms with Gasteiger partial charge in [-0.25, -0.2) is 8.42 Å². The second-order valence-corrected chi connectivity index (χ2v) is 8.63. The molecule has 2 aromatic rings. The normalized spacial score (nSPS) is 13.7. The van der Waals surface area contributed by atoms with Crippen LogP contribution in [0.15, 0.2) is 59.5 Å². The zero-order valence-corrected chi connectivity index (χ0v) is 17.0. The Morgan fingerprint density at radius 3 is 2.30 bits per heavy atom. The van der Waals surface area contributed by atoms with E-state index in [0.717, 1.165) is 12.0 Å². The summed E-state index contributed by atoms with van der Waals surface area (Å²) in [6.45, 7) is 3.62. The number of halogens is 1. The van der Waals surface area contributed by atoms with E-state index in [2.05, 4.69) is 11.8 Å². The van der Waals surface area contributed by atoms with Crippen LogP contribution in [0.25, 0.3) is 0 Å². The summed E-state index contributed by atoms with van der Waals surface area (Å²) < 4.78 is 27.7. The molecule has 2 rings (SSSR count). The van der Waals surface area contributed by atoms with Crippen LogP contribution in [0.2, 0.25) is 5.02 Å². The van der Waals surface area contributed by atoms with E-state index in [4.69, 9.17) is 11.6 Å². The standard InChI is InChI=1S/C21H24ClNO3S/c1-3-17(2)21(16-24)23(15-7-10-18-8-5-4-6-9-18)27(25,26)20-13-11-19(22)12-14-20/h4-6,8-9,11-14,17,21,24H,3,15-16H2,1-2H3/t17-,21+/m0/s1. The summed E-state index contributed by atoms with van der Waals surface area (Å²) in [7, 11) is -3.83. The van der Waals surface area contributed by atoms with Crippen molar-refractivity contribution in [2.45, 2.75) is 31.2 Å². The molecule has 2 aromatic carbocycles. The van der Waals surface area contributed by atoms with Gasteiger partial charge in [-0.15, -0.1) is 0 Å². The molecule has 0 bridgehead atoms. The van der Waals surface area contributed by atoms with Crippen molar-refractivity contribution in [2.75, 3.05) is 13.2 Å². The van der Waals surface area contributed by atoms with Crippen LogP contribution in [0.3, 0.4) is 0 Å². The molecular weight excluding hydrogens is 382 g/mol. The zero-order valence-electron chi connectivity index (χ0n) is 15.5. The van der Waals surface area contributed by atoms with Crippen molar-refractivity contribution in [3.63, 3.8) is 0 Å². The molecule has 0 amide bonds. The lowest BCUT2D eigenvalue weighted by molar-refractivity contribution is 0.151. The Labute approximate surface area is 166 Å². The molecule has 0 aliphatic rings. The quantitative estimate of drug-likeness (QED) is 0.713. The highest BCUT2D eigenvalue weighted by atomic mass is 35.5. The van der Waals surface area contributed by atoms with E-state index in [-0.39, 0.29) is 24.0 Å². The van der Waals surface area contributed by atoms with Crippen LogP contribution in [0.1, 0.15) is 25.8 Å². The van der Waals surface area contributed by atoms with E-state index >= 15 is 0 Å². The minimum atomic E-state index is -3.83. The molecule has 0 aromatic heterocycles. The fraction of sp³-hybridized carbons (Fsp3) is 0.333. The van der Waals surface area contributed by atoms with E-state index in [1.807, 2.05) is 44.2 Å². The molecule has 0 aliphatic heterocycles. The molecule has 27 heavy (non-hydrogen) atoms. The minimum Gasteiger partial charge on any atom is -0.395 e. The van der Waals surface area contributed by atoms with Crippen LogP contribution < -0.4 is 0 Å². The molecule has 0 heterocycles. The Morgan fingerprint density at radius 2 is 1.74 bits per heavy atom. The highest BCUT2D eigenvalue weighted by molar-refractivity contribution is 7.89. The summed E-state index contributed by atoms with van der Waals surface area (Å²) >= 11 is 5.88. The van der Waals surface area contributed by atoms with E-state index in [0.29, 0.717) is 5.02 Å². The topological polar surface area (TPSA) is 57.6 Å². The molecule has 144 valence electrons. The second-order valence-electron chi connectivity index (χ2n) is 6.31. The van der Waals surface area contributed by atoms with Crippen LogP contribution in [0.4, 0.5) is 0 Å². The zero-order chi connectivity index (χ0) is 19.9. The van der Waals surface area contributed by atoms with Gasteiger partial charge >= 0.3 is 0 Å². The van der Waals surface area contributed by atoms with Gasteiger partial charge < -0.3 is 5.11 Å². The first-order valence-electron chi connectivity index (χ1n) is 8.82. The lowest BCUT2D eigenvalue weighted by Gasteiger charge is -2.32. The highest BCUT2D eigenvalue weighted by Crippen LogP contribution is 2.24. The summed E-state index contributed by atoms with van der Waals surface area (Å²) in [5.74, 6) is 5.91. The molecule has 0 spiro atoms. The van der Waals surface area contributed by atoms with Gasteiger partial charge in [0.15, 0.2) is 0 Å². The molecule has 4 nitrogen and oxygen atoms in total. The van der Waals surface area contributed by atoms with Crippen molar-refractivity contribution in [2.24, 2.45) is 5.92 Å². The lowest BCUT2D eigenvalue weighted by Crippen LogP contribution is -2.46. The summed E-state index contributed by atoms with van der Waals surface area (Å²) in [5.41, 5.74) is 0.811. The van der Waals surface area contributed by atoms with Crippen molar-refractivity contribution in [3.8, 4) is 11.8 Å². The van der Waals surface area contributed by atoms with Crippen molar-refractivity contribution >= 4 is 21.6 Å². The Balaban J connectivity index is 2.39. The van der Waals surface area contributed by atoms with E-state index in [9.17, 15) is 13.5 Å². The average molecular weight is 406 g/mol. The number of hydrogen-bond acceptors (Lipinski definition) is 3. The van der Waals surface area contributed by atoms with Crippen LogP contribution in [0, 0.1) is 17.8 Å². The van der Waals surface area contributed by atoms with Crippen LogP contribution in [-0.2, 0) is 10.0 Å². The van der Waals surface area contributed by atoms with Crippen LogP contribution in [-0.4, -0.2) is 37.0 Å². The second kappa shape index (κ2) is 9.91. The van der Waals surface area contributed by atoms with Gasteiger partial charge in [-0.2, -0.15) is 4.31 Å². The Bertz CT molecular complexity index is 887. The molecular formula is C21H24ClNO3S. The average Bonchev–Trinajstić information content (AvgIpc) is 2.68. The Hall–Kier alpha value is -1.84. The third kappa shape index (κ3) is 5.57. The number of aliphatic hydroxyl groups is 1. The largest absolute Gasteiger partial charge is 0.395 e. The first-order chi connectivity index (χ1) is 12.9. The van der Waals surface area contributed by atoms with Gasteiger partial charge in [0.2, 0.25) is 10.0 Å². The predicted octanol–water partition coefficient (Wildman–Crippen LogP) is 3.79. The molecule has 0 fully saturated rings. The van der Waals surface area contributed by atoms with Gasteiger partial charge in [0.25, 0.3) is 0 Å². The highest BCUT2D eigenvalue weighted by Gasteiger charge is 2.33. The molecule has 0 saturated carbocycles. The van der Waals surface area contributed by atoms with E-state index < -0.39 is 16.1 Å². The van der Waals surface area contributed by atoms with Crippen molar-refractivity contribution in [3.05, 3.63) is 65.2 Å². The minimum absolute atomic E-state index is 0.00454. The first-order valence-corrected chi connectivity index (χ1v) is 10.6. The molecule has 0 aliphatic carbocycles. The Kier molecular flexibility index (Phi) is 7.88. The van der Waals surface area contributed by atoms with Crippen LogP contribution >= 0.6 is 11.6 Å². The monoisotopic (exact) mass is 405 g/mol. The number of nitrogens with zero attached hydrogens (tertiary/aromatic N) is 1. The van der Waals surface area contributed by atoms with Crippen molar-refractivity contribution in [1.82, 2.24) is 4.31 Å². The molecule has 6 heteroatoms. The maximum absolute atomic E-state index is 13.2. The molecule has 1 N–H and O–H groups in total. The van der Waals surface area contributed by atoms with Gasteiger partial charge in [-0.05, 0) is 42.3 Å². The molecule has 0 unspecified atom stereocenters. The summed E-state index contributed by atoms with van der Waals surface area (Å²) in [6.07, 6.45) is 0.740. The summed E-state index contributed by atoms with van der Waals surface area (Å²) in [6, 6.07) is 14.9. The van der Waals surface area contributed by atoms with Gasteiger partial charge in [0, 0.05) is 10.6 Å². The number of sulfonamides is 1. The predicted molar refractivity (Wildman–Crippen MR) is 109 cm³/mol. The van der Waals surface area contributed by atoms with Crippen LogP contribution in [0.5, 0.6) is 0 Å². The smallest absolute Gasteiger partial charge is 0.244 e. The number of hydrogen-bond donors (Lipinski definition) is 1. The number of aliphatic hydroxyl groups excluding tert-OH is 1. The van der Waals surface area contributed by atoms with Crippen molar-refractivity contribution in [1.29, 1.82) is 0 Å². The molecule has 0 radical (unpaired) electrons. The third-order valence-electron chi connectivity index (χ3n) is 4.52. The van der Waals surface area contributed by atoms with E-state index in [1.54, 1.807) is 12.1 Å². The maximum Gasteiger partial charge on any atom is 0.244 e. The molecule has 2 atom stereocenters. The van der Waals surface area contributed by atoms with E-state index in [1.165, 1.54) is 16.4 Å². The third-order valence-corrected chi connectivity index (χ3v) is 6.66. The SMILES string of the molecule is CC[C@H](C)[C@@H](CO)N(CC#Cc1ccccc1)S(=O)(=O)c1ccc(Cl)cc1. The fourth-order valence-electron chi connectivity index (χ4n) is 2.69. The van der Waals surface area contributed by atoms with Gasteiger partial charge in [0.1, 0.15) is 0 Å². The van der Waals surface area contributed by atoms with Gasteiger partial charge in [0.05, 0.1) is 24.1 Å². The molecule has 0 saturated heterocycles. The summed E-state index contributed by atoms with van der Waals surface area (Å²) in [5, 5.41) is 10.4. The Morgan fingerprint density at radius 1 is 1.11 bits per heavy atom. The lowest BCUT2D eigenvalue weighted by atomic mass is 10.00.